The van der Waals surface area contributed by atoms with E-state index in [4.69, 9.17) is 4.42 Å². The highest BCUT2D eigenvalue weighted by atomic mass is 16.3. The number of furan rings is 1. The number of carbonyl (C=O) groups is 1. The highest BCUT2D eigenvalue weighted by Crippen LogP contribution is 2.10. The summed E-state index contributed by atoms with van der Waals surface area (Å²) < 4.78 is 5.45. The molecule has 1 amide bonds. The number of piperazine rings is 1. The molecule has 0 radical (unpaired) electrons. The topological polar surface area (TPSA) is 36.7 Å². The predicted octanol–water partition coefficient (Wildman–Crippen LogP) is 2.99. The zero-order valence-electron chi connectivity index (χ0n) is 14.1. The van der Waals surface area contributed by atoms with Crippen LogP contribution in [-0.2, 0) is 11.2 Å². The first-order chi connectivity index (χ1) is 11.7. The third-order valence-electron chi connectivity index (χ3n) is 4.39. The van der Waals surface area contributed by atoms with Gasteiger partial charge in [0, 0.05) is 38.8 Å². The molecule has 0 N–H and O–H groups in total. The lowest BCUT2D eigenvalue weighted by Crippen LogP contribution is -2.48. The summed E-state index contributed by atoms with van der Waals surface area (Å²) in [6, 6.07) is 14.3. The molecule has 126 valence electrons. The van der Waals surface area contributed by atoms with Gasteiger partial charge >= 0.3 is 0 Å². The Morgan fingerprint density at radius 3 is 2.50 bits per heavy atom. The van der Waals surface area contributed by atoms with Crippen molar-refractivity contribution < 1.29 is 9.21 Å². The van der Waals surface area contributed by atoms with E-state index in [0.29, 0.717) is 0 Å². The molecule has 1 aromatic carbocycles. The molecule has 0 bridgehead atoms. The van der Waals surface area contributed by atoms with Crippen LogP contribution in [-0.4, -0.2) is 48.4 Å². The van der Waals surface area contributed by atoms with Crippen LogP contribution in [0.15, 0.2) is 53.0 Å². The van der Waals surface area contributed by atoms with E-state index in [1.54, 1.807) is 12.2 Å². The maximum Gasteiger partial charge on any atom is 0.246 e. The molecule has 1 saturated heterocycles. The summed E-state index contributed by atoms with van der Waals surface area (Å²) in [5.74, 6) is 1.64. The van der Waals surface area contributed by atoms with E-state index in [1.165, 1.54) is 5.56 Å². The molecule has 0 spiro atoms. The SMILES string of the molecule is Cc1ccc(/C=C/C(=O)N2CCN(CCc3ccccc3)CC2)o1. The Balaban J connectivity index is 1.43. The van der Waals surface area contributed by atoms with Gasteiger partial charge < -0.3 is 9.32 Å². The minimum absolute atomic E-state index is 0.0618. The molecule has 4 heteroatoms. The fourth-order valence-corrected chi connectivity index (χ4v) is 2.93. The summed E-state index contributed by atoms with van der Waals surface area (Å²) in [4.78, 5) is 16.6. The van der Waals surface area contributed by atoms with Crippen molar-refractivity contribution in [2.24, 2.45) is 0 Å². The summed E-state index contributed by atoms with van der Waals surface area (Å²) >= 11 is 0. The van der Waals surface area contributed by atoms with Crippen LogP contribution < -0.4 is 0 Å². The number of hydrogen-bond donors (Lipinski definition) is 0. The molecule has 0 aliphatic carbocycles. The molecule has 4 nitrogen and oxygen atoms in total. The molecule has 2 aromatic rings. The van der Waals surface area contributed by atoms with Gasteiger partial charge in [0.15, 0.2) is 0 Å². The first-order valence-corrected chi connectivity index (χ1v) is 8.50. The molecule has 2 heterocycles. The number of hydrogen-bond acceptors (Lipinski definition) is 3. The first kappa shape index (κ1) is 16.5. The van der Waals surface area contributed by atoms with Crippen LogP contribution in [0.5, 0.6) is 0 Å². The van der Waals surface area contributed by atoms with Crippen LogP contribution in [0.2, 0.25) is 0 Å². The zero-order chi connectivity index (χ0) is 16.8. The monoisotopic (exact) mass is 324 g/mol. The van der Waals surface area contributed by atoms with Gasteiger partial charge in [0.1, 0.15) is 11.5 Å². The average Bonchev–Trinajstić information content (AvgIpc) is 3.04. The van der Waals surface area contributed by atoms with Crippen LogP contribution in [0, 0.1) is 6.92 Å². The molecule has 1 fully saturated rings. The largest absolute Gasteiger partial charge is 0.462 e. The fraction of sp³-hybridized carbons (Fsp3) is 0.350. The van der Waals surface area contributed by atoms with E-state index in [-0.39, 0.29) is 5.91 Å². The van der Waals surface area contributed by atoms with Gasteiger partial charge in [-0.25, -0.2) is 0 Å². The van der Waals surface area contributed by atoms with Gasteiger partial charge in [0.25, 0.3) is 0 Å². The van der Waals surface area contributed by atoms with Crippen molar-refractivity contribution in [2.75, 3.05) is 32.7 Å². The maximum absolute atomic E-state index is 12.2. The van der Waals surface area contributed by atoms with Gasteiger partial charge in [0.2, 0.25) is 5.91 Å². The lowest BCUT2D eigenvalue weighted by Gasteiger charge is -2.34. The summed E-state index contributed by atoms with van der Waals surface area (Å²) in [6.07, 6.45) is 4.42. The lowest BCUT2D eigenvalue weighted by molar-refractivity contribution is -0.127. The second kappa shape index (κ2) is 7.97. The predicted molar refractivity (Wildman–Crippen MR) is 95.6 cm³/mol. The molecular weight excluding hydrogens is 300 g/mol. The van der Waals surface area contributed by atoms with E-state index in [0.717, 1.165) is 50.7 Å². The Labute approximate surface area is 143 Å². The second-order valence-electron chi connectivity index (χ2n) is 6.18. The van der Waals surface area contributed by atoms with Gasteiger partial charge in [-0.3, -0.25) is 9.69 Å². The Kier molecular flexibility index (Phi) is 5.49. The van der Waals surface area contributed by atoms with E-state index < -0.39 is 0 Å². The number of carbonyl (C=O) groups excluding carboxylic acids is 1. The molecule has 1 aliphatic heterocycles. The normalized spacial score (nSPS) is 16.0. The van der Waals surface area contributed by atoms with Crippen LogP contribution in [0.3, 0.4) is 0 Å². The van der Waals surface area contributed by atoms with Gasteiger partial charge in [-0.05, 0) is 37.1 Å². The van der Waals surface area contributed by atoms with Crippen LogP contribution >= 0.6 is 0 Å². The van der Waals surface area contributed by atoms with Crippen LogP contribution in [0.1, 0.15) is 17.1 Å². The highest BCUT2D eigenvalue weighted by Gasteiger charge is 2.19. The molecule has 24 heavy (non-hydrogen) atoms. The van der Waals surface area contributed by atoms with Gasteiger partial charge in [-0.2, -0.15) is 0 Å². The number of aryl methyl sites for hydroxylation is 1. The Bertz CT molecular complexity index is 683. The Morgan fingerprint density at radius 2 is 1.83 bits per heavy atom. The van der Waals surface area contributed by atoms with Crippen molar-refractivity contribution in [3.63, 3.8) is 0 Å². The Hall–Kier alpha value is -2.33. The molecule has 0 atom stereocenters. The second-order valence-corrected chi connectivity index (χ2v) is 6.18. The molecule has 1 aromatic heterocycles. The van der Waals surface area contributed by atoms with E-state index >= 15 is 0 Å². The summed E-state index contributed by atoms with van der Waals surface area (Å²) in [5, 5.41) is 0. The number of rotatable bonds is 5. The smallest absolute Gasteiger partial charge is 0.246 e. The van der Waals surface area contributed by atoms with E-state index in [1.807, 2.05) is 30.0 Å². The number of nitrogens with zero attached hydrogens (tertiary/aromatic N) is 2. The minimum atomic E-state index is 0.0618. The van der Waals surface area contributed by atoms with Crippen molar-refractivity contribution >= 4 is 12.0 Å². The Morgan fingerprint density at radius 1 is 1.08 bits per heavy atom. The molecule has 0 saturated carbocycles. The minimum Gasteiger partial charge on any atom is -0.462 e. The van der Waals surface area contributed by atoms with Gasteiger partial charge in [0.05, 0.1) is 0 Å². The van der Waals surface area contributed by atoms with E-state index in [9.17, 15) is 4.79 Å². The molecule has 1 aliphatic rings. The lowest BCUT2D eigenvalue weighted by atomic mass is 10.1. The van der Waals surface area contributed by atoms with Crippen LogP contribution in [0.25, 0.3) is 6.08 Å². The van der Waals surface area contributed by atoms with Crippen molar-refractivity contribution in [3.8, 4) is 0 Å². The van der Waals surface area contributed by atoms with Crippen molar-refractivity contribution in [3.05, 3.63) is 65.6 Å². The van der Waals surface area contributed by atoms with Gasteiger partial charge in [-0.1, -0.05) is 30.3 Å². The fourth-order valence-electron chi connectivity index (χ4n) is 2.93. The number of benzene rings is 1. The third-order valence-corrected chi connectivity index (χ3v) is 4.39. The van der Waals surface area contributed by atoms with Crippen molar-refractivity contribution in [2.45, 2.75) is 13.3 Å². The molecule has 3 rings (SSSR count). The quantitative estimate of drug-likeness (QED) is 0.794. The third kappa shape index (κ3) is 4.59. The average molecular weight is 324 g/mol. The van der Waals surface area contributed by atoms with Crippen molar-refractivity contribution in [1.29, 1.82) is 0 Å². The van der Waals surface area contributed by atoms with Crippen LogP contribution in [0.4, 0.5) is 0 Å². The molecular formula is C20H24N2O2. The number of amides is 1. The summed E-state index contributed by atoms with van der Waals surface area (Å²) in [7, 11) is 0. The zero-order valence-corrected chi connectivity index (χ0v) is 14.1. The molecule has 0 unspecified atom stereocenters. The van der Waals surface area contributed by atoms with Gasteiger partial charge in [-0.15, -0.1) is 0 Å². The first-order valence-electron chi connectivity index (χ1n) is 8.50. The van der Waals surface area contributed by atoms with E-state index in [2.05, 4.69) is 29.2 Å². The standard InChI is InChI=1S/C20H24N2O2/c1-17-7-8-19(24-17)9-10-20(23)22-15-13-21(14-16-22)12-11-18-5-3-2-4-6-18/h2-10H,11-16H2,1H3/b10-9+. The maximum atomic E-state index is 12.2. The summed E-state index contributed by atoms with van der Waals surface area (Å²) in [6.45, 7) is 6.39. The van der Waals surface area contributed by atoms with Crippen molar-refractivity contribution in [1.82, 2.24) is 9.80 Å². The highest BCUT2D eigenvalue weighted by molar-refractivity contribution is 5.91. The summed E-state index contributed by atoms with van der Waals surface area (Å²) in [5.41, 5.74) is 1.37.